The van der Waals surface area contributed by atoms with Gasteiger partial charge in [-0.25, -0.2) is 0 Å². The van der Waals surface area contributed by atoms with Crippen LogP contribution in [-0.2, 0) is 4.74 Å². The van der Waals surface area contributed by atoms with Crippen LogP contribution >= 0.6 is 0 Å². The molecule has 0 bridgehead atoms. The Morgan fingerprint density at radius 3 is 2.65 bits per heavy atom. The van der Waals surface area contributed by atoms with Crippen molar-refractivity contribution in [3.05, 3.63) is 35.9 Å². The number of fused-ring (bicyclic) bond motifs is 1. The number of hydrogen-bond acceptors (Lipinski definition) is 3. The van der Waals surface area contributed by atoms with Crippen molar-refractivity contribution in [2.24, 2.45) is 17.8 Å². The number of benzene rings is 1. The van der Waals surface area contributed by atoms with Crippen LogP contribution in [0.2, 0.25) is 0 Å². The van der Waals surface area contributed by atoms with E-state index in [1.54, 1.807) is 0 Å². The maximum Gasteiger partial charge on any atom is 0.166 e. The number of hydrogen-bond donors (Lipinski definition) is 1. The Hall–Kier alpha value is -1.19. The van der Waals surface area contributed by atoms with Crippen molar-refractivity contribution < 1.29 is 9.53 Å². The molecule has 1 aromatic rings. The van der Waals surface area contributed by atoms with Gasteiger partial charge in [-0.1, -0.05) is 50.6 Å². The van der Waals surface area contributed by atoms with Gasteiger partial charge >= 0.3 is 0 Å². The van der Waals surface area contributed by atoms with Crippen LogP contribution in [0, 0.1) is 17.8 Å². The summed E-state index contributed by atoms with van der Waals surface area (Å²) in [4.78, 5) is 13.1. The van der Waals surface area contributed by atoms with Gasteiger partial charge in [-0.05, 0) is 38.1 Å². The van der Waals surface area contributed by atoms with E-state index in [1.807, 2.05) is 37.4 Å². The van der Waals surface area contributed by atoms with Gasteiger partial charge in [0.25, 0.3) is 0 Å². The van der Waals surface area contributed by atoms with Gasteiger partial charge in [-0.3, -0.25) is 4.79 Å². The lowest BCUT2D eigenvalue weighted by Gasteiger charge is -2.29. The number of carbonyl (C=O) groups excluding carboxylic acids is 1. The molecule has 1 heterocycles. The molecule has 6 unspecified atom stereocenters. The van der Waals surface area contributed by atoms with Crippen molar-refractivity contribution in [2.75, 3.05) is 7.05 Å². The van der Waals surface area contributed by atoms with Gasteiger partial charge in [0, 0.05) is 17.5 Å². The molecular formula is C20H29NO2. The Morgan fingerprint density at radius 2 is 2.00 bits per heavy atom. The molecule has 1 saturated heterocycles. The molecule has 3 rings (SSSR count). The van der Waals surface area contributed by atoms with Gasteiger partial charge in [-0.2, -0.15) is 0 Å². The molecule has 1 aliphatic heterocycles. The molecule has 2 fully saturated rings. The van der Waals surface area contributed by atoms with Gasteiger partial charge in [0.05, 0.1) is 12.2 Å². The highest BCUT2D eigenvalue weighted by Crippen LogP contribution is 2.44. The predicted octanol–water partition coefficient (Wildman–Crippen LogP) is 3.69. The molecule has 1 aliphatic carbocycles. The number of carbonyl (C=O) groups is 1. The van der Waals surface area contributed by atoms with Crippen LogP contribution in [0.15, 0.2) is 30.3 Å². The lowest BCUT2D eigenvalue weighted by molar-refractivity contribution is 0.0819. The molecule has 1 N–H and O–H groups in total. The zero-order chi connectivity index (χ0) is 16.4. The Kier molecular flexibility index (Phi) is 5.17. The van der Waals surface area contributed by atoms with E-state index in [1.165, 1.54) is 0 Å². The van der Waals surface area contributed by atoms with E-state index in [4.69, 9.17) is 4.74 Å². The van der Waals surface area contributed by atoms with Crippen LogP contribution < -0.4 is 5.32 Å². The van der Waals surface area contributed by atoms with Gasteiger partial charge in [-0.15, -0.1) is 0 Å². The Balaban J connectivity index is 1.80. The predicted molar refractivity (Wildman–Crippen MR) is 92.6 cm³/mol. The van der Waals surface area contributed by atoms with Crippen molar-refractivity contribution in [3.63, 3.8) is 0 Å². The first kappa shape index (κ1) is 16.7. The Morgan fingerprint density at radius 1 is 1.26 bits per heavy atom. The Labute approximate surface area is 139 Å². The number of ketones is 1. The minimum Gasteiger partial charge on any atom is -0.368 e. The third-order valence-corrected chi connectivity index (χ3v) is 5.68. The van der Waals surface area contributed by atoms with E-state index in [0.717, 1.165) is 31.2 Å². The summed E-state index contributed by atoms with van der Waals surface area (Å²) in [5, 5.41) is 3.43. The van der Waals surface area contributed by atoms with Gasteiger partial charge in [0.2, 0.25) is 0 Å². The highest BCUT2D eigenvalue weighted by molar-refractivity contribution is 5.98. The quantitative estimate of drug-likeness (QED) is 0.643. The van der Waals surface area contributed by atoms with Crippen LogP contribution in [0.25, 0.3) is 0 Å². The van der Waals surface area contributed by atoms with Crippen LogP contribution in [0.1, 0.15) is 49.9 Å². The van der Waals surface area contributed by atoms with Gasteiger partial charge < -0.3 is 10.1 Å². The van der Waals surface area contributed by atoms with Crippen LogP contribution in [0.4, 0.5) is 0 Å². The first-order valence-electron chi connectivity index (χ1n) is 9.07. The second kappa shape index (κ2) is 7.14. The van der Waals surface area contributed by atoms with Crippen LogP contribution in [0.5, 0.6) is 0 Å². The third kappa shape index (κ3) is 3.51. The molecule has 2 aliphatic rings. The normalized spacial score (nSPS) is 34.3. The molecule has 126 valence electrons. The summed E-state index contributed by atoms with van der Waals surface area (Å²) in [6.45, 7) is 4.47. The number of ether oxygens (including phenoxy) is 1. The van der Waals surface area contributed by atoms with E-state index in [2.05, 4.69) is 19.2 Å². The number of rotatable bonds is 6. The summed E-state index contributed by atoms with van der Waals surface area (Å²) < 4.78 is 5.86. The molecule has 0 spiro atoms. The molecule has 6 atom stereocenters. The zero-order valence-corrected chi connectivity index (χ0v) is 14.5. The summed E-state index contributed by atoms with van der Waals surface area (Å²) in [5.41, 5.74) is 0.866. The van der Waals surface area contributed by atoms with Crippen molar-refractivity contribution in [1.29, 1.82) is 0 Å². The van der Waals surface area contributed by atoms with E-state index < -0.39 is 0 Å². The summed E-state index contributed by atoms with van der Waals surface area (Å²) in [7, 11) is 2.02. The van der Waals surface area contributed by atoms with E-state index in [0.29, 0.717) is 35.9 Å². The molecule has 1 saturated carbocycles. The maximum absolute atomic E-state index is 13.1. The largest absolute Gasteiger partial charge is 0.368 e. The molecule has 1 aromatic carbocycles. The first-order valence-corrected chi connectivity index (χ1v) is 9.07. The average molecular weight is 315 g/mol. The molecule has 0 aromatic heterocycles. The lowest BCUT2D eigenvalue weighted by atomic mass is 9.76. The van der Waals surface area contributed by atoms with Gasteiger partial charge in [0.15, 0.2) is 5.78 Å². The highest BCUT2D eigenvalue weighted by atomic mass is 16.6. The summed E-state index contributed by atoms with van der Waals surface area (Å²) in [6, 6.07) is 10.2. The lowest BCUT2D eigenvalue weighted by Crippen LogP contribution is -2.35. The second-order valence-corrected chi connectivity index (χ2v) is 7.29. The fourth-order valence-electron chi connectivity index (χ4n) is 4.41. The molecule has 0 radical (unpaired) electrons. The fraction of sp³-hybridized carbons (Fsp3) is 0.650. The first-order chi connectivity index (χ1) is 11.2. The molecule has 0 amide bonds. The Bertz CT molecular complexity index is 530. The summed E-state index contributed by atoms with van der Waals surface area (Å²) in [5.74, 6) is 1.46. The average Bonchev–Trinajstić information content (AvgIpc) is 3.37. The smallest absolute Gasteiger partial charge is 0.166 e. The molecule has 23 heavy (non-hydrogen) atoms. The molecular weight excluding hydrogens is 286 g/mol. The summed E-state index contributed by atoms with van der Waals surface area (Å²) >= 11 is 0. The number of likely N-dealkylation sites (N-methyl/N-ethyl adjacent to an activating group) is 1. The van der Waals surface area contributed by atoms with E-state index in [9.17, 15) is 4.79 Å². The van der Waals surface area contributed by atoms with Crippen LogP contribution in [-0.4, -0.2) is 31.1 Å². The van der Waals surface area contributed by atoms with Crippen molar-refractivity contribution in [1.82, 2.24) is 5.32 Å². The zero-order valence-electron chi connectivity index (χ0n) is 14.5. The van der Waals surface area contributed by atoms with E-state index in [-0.39, 0.29) is 5.92 Å². The maximum atomic E-state index is 13.1. The number of Topliss-reactive ketones (excluding diaryl/α,β-unsaturated/α-hetero) is 1. The fourth-order valence-corrected chi connectivity index (χ4v) is 4.41. The molecule has 3 heteroatoms. The minimum absolute atomic E-state index is 0.137. The van der Waals surface area contributed by atoms with Crippen LogP contribution in [0.3, 0.4) is 0 Å². The SMILES string of the molecule is CCCC(C(=O)c1ccccc1)C1CC(C)C2OC2C(NC)C1. The van der Waals surface area contributed by atoms with E-state index >= 15 is 0 Å². The third-order valence-electron chi connectivity index (χ3n) is 5.68. The van der Waals surface area contributed by atoms with Crippen molar-refractivity contribution in [2.45, 2.75) is 57.8 Å². The second-order valence-electron chi connectivity index (χ2n) is 7.29. The minimum atomic E-state index is 0.137. The monoisotopic (exact) mass is 315 g/mol. The molecule has 3 nitrogen and oxygen atoms in total. The standard InChI is InChI=1S/C20H29NO2/c1-4-8-16(18(22)14-9-6-5-7-10-14)15-11-13(2)19-20(23-19)17(12-15)21-3/h5-7,9-10,13,15-17,19-21H,4,8,11-12H2,1-3H3. The van der Waals surface area contributed by atoms with Crippen molar-refractivity contribution >= 4 is 5.78 Å². The summed E-state index contributed by atoms with van der Waals surface area (Å²) in [6.07, 6.45) is 4.94. The highest BCUT2D eigenvalue weighted by Gasteiger charge is 2.51. The number of epoxide rings is 1. The topological polar surface area (TPSA) is 41.6 Å². The van der Waals surface area contributed by atoms with Crippen molar-refractivity contribution in [3.8, 4) is 0 Å². The number of nitrogens with one attached hydrogen (secondary N) is 1. The van der Waals surface area contributed by atoms with Gasteiger partial charge in [0.1, 0.15) is 0 Å².